The van der Waals surface area contributed by atoms with Crippen LogP contribution in [-0.4, -0.2) is 34.0 Å². The number of amides is 1. The van der Waals surface area contributed by atoms with Gasteiger partial charge in [0.25, 0.3) is 5.91 Å². The molecule has 8 heteroatoms. The average Bonchev–Trinajstić information content (AvgIpc) is 3.26. The highest BCUT2D eigenvalue weighted by atomic mass is 19.1. The number of rotatable bonds is 3. The van der Waals surface area contributed by atoms with Gasteiger partial charge in [-0.15, -0.1) is 0 Å². The lowest BCUT2D eigenvalue weighted by molar-refractivity contribution is 0.0941. The molecule has 4 aromatic rings. The molecule has 7 nitrogen and oxygen atoms in total. The minimum Gasteiger partial charge on any atom is -0.473 e. The second kappa shape index (κ2) is 8.78. The SMILES string of the molecule is CCc1c(F)cccc1Nc1c2[nH]c3c1C(=O)NC[C@@H]3C/C=C(/C)COc1ccc3nccc-2c3n1. The molecule has 0 spiro atoms. The van der Waals surface area contributed by atoms with Gasteiger partial charge in [-0.3, -0.25) is 9.78 Å². The summed E-state index contributed by atoms with van der Waals surface area (Å²) in [7, 11) is 0. The molecule has 0 aliphatic carbocycles. The summed E-state index contributed by atoms with van der Waals surface area (Å²) < 4.78 is 20.6. The molecular formula is C28H26FN5O2. The highest BCUT2D eigenvalue weighted by molar-refractivity contribution is 6.08. The number of H-pyrrole nitrogens is 1. The Morgan fingerprint density at radius 2 is 2.11 bits per heavy atom. The molecule has 1 atom stereocenters. The Hall–Kier alpha value is -4.20. The molecule has 0 saturated heterocycles. The van der Waals surface area contributed by atoms with E-state index in [1.807, 2.05) is 38.1 Å². The van der Waals surface area contributed by atoms with E-state index in [1.165, 1.54) is 6.07 Å². The van der Waals surface area contributed by atoms with Crippen molar-refractivity contribution in [3.63, 3.8) is 0 Å². The summed E-state index contributed by atoms with van der Waals surface area (Å²) in [4.78, 5) is 26.1. The van der Waals surface area contributed by atoms with Crippen LogP contribution in [0.3, 0.4) is 0 Å². The number of fused-ring (bicyclic) bond motifs is 3. The maximum Gasteiger partial charge on any atom is 0.255 e. The molecule has 3 N–H and O–H groups in total. The minimum atomic E-state index is -0.281. The molecule has 0 saturated carbocycles. The molecular weight excluding hydrogens is 457 g/mol. The Labute approximate surface area is 207 Å². The van der Waals surface area contributed by atoms with E-state index in [-0.39, 0.29) is 17.6 Å². The molecule has 0 radical (unpaired) electrons. The van der Waals surface area contributed by atoms with E-state index in [2.05, 4.69) is 26.7 Å². The van der Waals surface area contributed by atoms with E-state index < -0.39 is 0 Å². The Bertz CT molecular complexity index is 1540. The van der Waals surface area contributed by atoms with E-state index in [4.69, 9.17) is 9.72 Å². The van der Waals surface area contributed by atoms with Crippen molar-refractivity contribution >= 4 is 28.3 Å². The van der Waals surface area contributed by atoms with Crippen molar-refractivity contribution in [1.82, 2.24) is 20.3 Å². The first kappa shape index (κ1) is 22.3. The molecule has 6 rings (SSSR count). The Morgan fingerprint density at radius 1 is 1.22 bits per heavy atom. The predicted octanol–water partition coefficient (Wildman–Crippen LogP) is 5.63. The topological polar surface area (TPSA) is 91.9 Å². The van der Waals surface area contributed by atoms with Crippen LogP contribution in [-0.2, 0) is 6.42 Å². The largest absolute Gasteiger partial charge is 0.473 e. The van der Waals surface area contributed by atoms with Crippen molar-refractivity contribution in [2.75, 3.05) is 18.5 Å². The molecule has 0 unspecified atom stereocenters. The molecule has 2 aliphatic rings. The van der Waals surface area contributed by atoms with Gasteiger partial charge in [0.2, 0.25) is 5.88 Å². The zero-order valence-electron chi connectivity index (χ0n) is 20.1. The van der Waals surface area contributed by atoms with Crippen molar-refractivity contribution in [3.8, 4) is 17.1 Å². The molecule has 2 aliphatic heterocycles. The highest BCUT2D eigenvalue weighted by Gasteiger charge is 2.33. The van der Waals surface area contributed by atoms with Gasteiger partial charge < -0.3 is 20.4 Å². The summed E-state index contributed by atoms with van der Waals surface area (Å²) in [6, 6.07) is 10.5. The number of ether oxygens (including phenoxy) is 1. The zero-order valence-corrected chi connectivity index (χ0v) is 20.1. The van der Waals surface area contributed by atoms with Crippen molar-refractivity contribution in [3.05, 3.63) is 76.9 Å². The number of aromatic amines is 1. The maximum atomic E-state index is 14.6. The predicted molar refractivity (Wildman–Crippen MR) is 137 cm³/mol. The maximum absolute atomic E-state index is 14.6. The van der Waals surface area contributed by atoms with E-state index in [0.29, 0.717) is 64.7 Å². The first-order valence-electron chi connectivity index (χ1n) is 12.2. The normalized spacial score (nSPS) is 18.4. The fourth-order valence-electron chi connectivity index (χ4n) is 5.05. The van der Waals surface area contributed by atoms with Gasteiger partial charge in [-0.1, -0.05) is 19.1 Å². The van der Waals surface area contributed by atoms with E-state index in [0.717, 1.165) is 23.3 Å². The molecule has 4 bridgehead atoms. The molecule has 1 aromatic carbocycles. The molecule has 36 heavy (non-hydrogen) atoms. The summed E-state index contributed by atoms with van der Waals surface area (Å²) >= 11 is 0. The number of nitrogens with zero attached hydrogens (tertiary/aromatic N) is 2. The first-order valence-corrected chi connectivity index (χ1v) is 12.2. The standard InChI is InChI=1S/C28H26FN5O2/c1-3-17-19(29)5-4-6-20(17)32-27-23-24-16(13-31-28(23)35)8-7-15(2)14-36-22-10-9-21-25(33-22)18(11-12-30-21)26(27)34-24/h4-7,9-12,16,32,34H,3,8,13-14H2,1-2H3,(H,31,35)/b15-7-/t16-/m0/s1. The molecule has 0 fully saturated rings. The van der Waals surface area contributed by atoms with Crippen LogP contribution < -0.4 is 15.4 Å². The van der Waals surface area contributed by atoms with Crippen LogP contribution in [0, 0.1) is 5.82 Å². The van der Waals surface area contributed by atoms with Gasteiger partial charge in [-0.25, -0.2) is 9.37 Å². The number of nitrogens with one attached hydrogen (secondary N) is 3. The van der Waals surface area contributed by atoms with Crippen LogP contribution in [0.4, 0.5) is 15.8 Å². The fraction of sp³-hybridized carbons (Fsp3) is 0.250. The Morgan fingerprint density at radius 3 is 2.97 bits per heavy atom. The smallest absolute Gasteiger partial charge is 0.255 e. The lowest BCUT2D eigenvalue weighted by atomic mass is 9.92. The third kappa shape index (κ3) is 3.69. The highest BCUT2D eigenvalue weighted by Crippen LogP contribution is 2.43. The van der Waals surface area contributed by atoms with Crippen LogP contribution in [0.1, 0.15) is 47.8 Å². The molecule has 182 valence electrons. The lowest BCUT2D eigenvalue weighted by Gasteiger charge is -2.23. The molecule has 5 heterocycles. The van der Waals surface area contributed by atoms with E-state index in [1.54, 1.807) is 12.3 Å². The summed E-state index contributed by atoms with van der Waals surface area (Å²) in [6.07, 6.45) is 5.12. The number of hydrogen-bond donors (Lipinski definition) is 3. The number of allylic oxidation sites excluding steroid dienone is 1. The van der Waals surface area contributed by atoms with Crippen molar-refractivity contribution in [1.29, 1.82) is 0 Å². The van der Waals surface area contributed by atoms with Gasteiger partial charge in [0.05, 0.1) is 22.5 Å². The zero-order chi connectivity index (χ0) is 24.8. The van der Waals surface area contributed by atoms with Gasteiger partial charge in [0.15, 0.2) is 0 Å². The first-order chi connectivity index (χ1) is 17.5. The van der Waals surface area contributed by atoms with Gasteiger partial charge >= 0.3 is 0 Å². The number of pyridine rings is 2. The quantitative estimate of drug-likeness (QED) is 0.329. The number of carbonyl (C=O) groups excluding carboxylic acids is 1. The Balaban J connectivity index is 1.64. The van der Waals surface area contributed by atoms with Crippen LogP contribution >= 0.6 is 0 Å². The summed E-state index contributed by atoms with van der Waals surface area (Å²) in [5.74, 6) is 0.111. The Kier molecular flexibility index (Phi) is 5.44. The third-order valence-electron chi connectivity index (χ3n) is 6.93. The second-order valence-electron chi connectivity index (χ2n) is 9.27. The van der Waals surface area contributed by atoms with E-state index >= 15 is 0 Å². The van der Waals surface area contributed by atoms with Crippen LogP contribution in [0.2, 0.25) is 0 Å². The monoisotopic (exact) mass is 483 g/mol. The number of aromatic nitrogens is 3. The second-order valence-corrected chi connectivity index (χ2v) is 9.27. The van der Waals surface area contributed by atoms with Crippen molar-refractivity contribution in [2.24, 2.45) is 0 Å². The summed E-state index contributed by atoms with van der Waals surface area (Å²) in [5.41, 5.74) is 7.15. The molecule has 1 amide bonds. The van der Waals surface area contributed by atoms with Crippen molar-refractivity contribution < 1.29 is 13.9 Å². The van der Waals surface area contributed by atoms with Gasteiger partial charge in [0, 0.05) is 47.2 Å². The lowest BCUT2D eigenvalue weighted by Crippen LogP contribution is -2.35. The number of carbonyl (C=O) groups is 1. The molecule has 3 aromatic heterocycles. The van der Waals surface area contributed by atoms with Crippen LogP contribution in [0.15, 0.2) is 54.2 Å². The van der Waals surface area contributed by atoms with E-state index in [9.17, 15) is 9.18 Å². The van der Waals surface area contributed by atoms with Crippen LogP contribution in [0.25, 0.3) is 22.3 Å². The number of anilines is 2. The van der Waals surface area contributed by atoms with Gasteiger partial charge in [-0.05, 0) is 49.6 Å². The van der Waals surface area contributed by atoms with Crippen molar-refractivity contribution in [2.45, 2.75) is 32.6 Å². The summed E-state index contributed by atoms with van der Waals surface area (Å²) in [6.45, 7) is 4.89. The fourth-order valence-corrected chi connectivity index (χ4v) is 5.05. The third-order valence-corrected chi connectivity index (χ3v) is 6.93. The van der Waals surface area contributed by atoms with Gasteiger partial charge in [-0.2, -0.15) is 0 Å². The summed E-state index contributed by atoms with van der Waals surface area (Å²) in [5, 5.41) is 6.47. The number of hydrogen-bond acceptors (Lipinski definition) is 5. The van der Waals surface area contributed by atoms with Crippen LogP contribution in [0.5, 0.6) is 5.88 Å². The number of benzene rings is 1. The van der Waals surface area contributed by atoms with Gasteiger partial charge in [0.1, 0.15) is 17.9 Å². The average molecular weight is 484 g/mol. The number of halogens is 1. The minimum absolute atomic E-state index is 0.0502.